The molecule has 8 heteroatoms. The van der Waals surface area contributed by atoms with Crippen LogP contribution in [0.2, 0.25) is 0 Å². The lowest BCUT2D eigenvalue weighted by atomic mass is 9.86. The molecule has 2 amide bonds. The number of nitrogens with zero attached hydrogens (tertiary/aromatic N) is 1. The third kappa shape index (κ3) is 5.72. The van der Waals surface area contributed by atoms with Crippen molar-refractivity contribution < 1.29 is 19.1 Å². The van der Waals surface area contributed by atoms with E-state index in [1.165, 1.54) is 6.08 Å². The number of rotatable bonds is 7. The van der Waals surface area contributed by atoms with Crippen LogP contribution in [0.4, 0.5) is 4.79 Å². The van der Waals surface area contributed by atoms with E-state index in [-0.39, 0.29) is 11.9 Å². The molecule has 0 aromatic carbocycles. The second kappa shape index (κ2) is 8.55. The molecular weight excluding hydrogens is 338 g/mol. The van der Waals surface area contributed by atoms with Crippen LogP contribution in [-0.4, -0.2) is 61.3 Å². The number of nitrogens with one attached hydrogen (secondary N) is 1. The molecule has 1 aliphatic rings. The van der Waals surface area contributed by atoms with Gasteiger partial charge in [-0.3, -0.25) is 4.79 Å². The molecule has 1 heterocycles. The molecule has 1 unspecified atom stereocenters. The molecule has 0 saturated carbocycles. The van der Waals surface area contributed by atoms with Crippen molar-refractivity contribution in [2.45, 2.75) is 70.7 Å². The van der Waals surface area contributed by atoms with E-state index in [4.69, 9.17) is 17.0 Å². The van der Waals surface area contributed by atoms with E-state index >= 15 is 0 Å². The first-order valence-corrected chi connectivity index (χ1v) is 10.3. The van der Waals surface area contributed by atoms with Crippen LogP contribution >= 0.6 is 7.95 Å². The van der Waals surface area contributed by atoms with Gasteiger partial charge in [-0.15, -0.1) is 0 Å². The Morgan fingerprint density at radius 1 is 1.44 bits per heavy atom. The van der Waals surface area contributed by atoms with Gasteiger partial charge in [-0.25, -0.2) is 4.79 Å². The lowest BCUT2D eigenvalue weighted by molar-refractivity contribution is -0.122. The van der Waals surface area contributed by atoms with E-state index in [1.54, 1.807) is 38.6 Å². The average Bonchev–Trinajstić information content (AvgIpc) is 2.84. The lowest BCUT2D eigenvalue weighted by Gasteiger charge is -2.44. The summed E-state index contributed by atoms with van der Waals surface area (Å²) in [4.78, 5) is 24.6. The van der Waals surface area contributed by atoms with E-state index < -0.39 is 31.3 Å². The highest BCUT2D eigenvalue weighted by Gasteiger charge is 2.45. The largest absolute Gasteiger partial charge is 0.444 e. The number of hydrogen-bond acceptors (Lipinski definition) is 4. The van der Waals surface area contributed by atoms with Crippen molar-refractivity contribution in [1.29, 1.82) is 0 Å². The minimum Gasteiger partial charge on any atom is -0.444 e. The topological polar surface area (TPSA) is 67.9 Å². The summed E-state index contributed by atoms with van der Waals surface area (Å²) < 4.78 is 12.8. The van der Waals surface area contributed by atoms with Gasteiger partial charge in [0.1, 0.15) is 13.2 Å². The Labute approximate surface area is 153 Å². The summed E-state index contributed by atoms with van der Waals surface area (Å²) in [6.07, 6.45) is 4.32. The Balaban J connectivity index is 3.17. The Bertz CT molecular complexity index is 521. The van der Waals surface area contributed by atoms with Crippen molar-refractivity contribution in [1.82, 2.24) is 9.99 Å². The highest BCUT2D eigenvalue weighted by Crippen LogP contribution is 2.40. The molecule has 1 aliphatic heterocycles. The standard InChI is InChI=1S/C17H30BN2O4P/c1-8-11-17(5,23-6)14(19-15(22)24-16(2,3)4)12-9-10-13(21)20(12)25(7)18/h9-10,12,14H,8,11H2,1-7H3,(H,19,22)/t12-,14-,17+,25?/m1/s1. The van der Waals surface area contributed by atoms with Crippen LogP contribution in [0, 0.1) is 0 Å². The van der Waals surface area contributed by atoms with E-state index in [2.05, 4.69) is 5.32 Å². The Morgan fingerprint density at radius 2 is 2.04 bits per heavy atom. The summed E-state index contributed by atoms with van der Waals surface area (Å²) in [5, 5.41) is 2.92. The smallest absolute Gasteiger partial charge is 0.408 e. The fourth-order valence-corrected chi connectivity index (χ4v) is 4.03. The quantitative estimate of drug-likeness (QED) is 0.554. The maximum Gasteiger partial charge on any atom is 0.408 e. The molecule has 0 aromatic heterocycles. The van der Waals surface area contributed by atoms with E-state index in [0.29, 0.717) is 6.42 Å². The first-order valence-electron chi connectivity index (χ1n) is 8.49. The van der Waals surface area contributed by atoms with Crippen LogP contribution in [0.25, 0.3) is 0 Å². The van der Waals surface area contributed by atoms with Gasteiger partial charge < -0.3 is 19.5 Å². The van der Waals surface area contributed by atoms with Crippen molar-refractivity contribution in [3.8, 4) is 0 Å². The summed E-state index contributed by atoms with van der Waals surface area (Å²) in [6.45, 7) is 11.2. The number of amides is 2. The number of ether oxygens (including phenoxy) is 2. The normalized spacial score (nSPS) is 22.4. The Kier molecular flexibility index (Phi) is 7.51. The molecular formula is C17H30BN2O4P. The zero-order valence-corrected chi connectivity index (χ0v) is 17.2. The zero-order chi connectivity index (χ0) is 19.4. The van der Waals surface area contributed by atoms with Gasteiger partial charge in [0.2, 0.25) is 5.91 Å². The number of methoxy groups -OCH3 is 1. The van der Waals surface area contributed by atoms with Gasteiger partial charge in [-0.05, 0) is 40.8 Å². The molecule has 0 bridgehead atoms. The number of hydrogen-bond donors (Lipinski definition) is 1. The number of carbonyl (C=O) groups excluding carboxylic acids is 2. The lowest BCUT2D eigenvalue weighted by Crippen LogP contribution is -2.61. The molecule has 0 fully saturated rings. The van der Waals surface area contributed by atoms with E-state index in [0.717, 1.165) is 6.42 Å². The number of alkyl carbamates (subject to hydrolysis) is 1. The zero-order valence-electron chi connectivity index (χ0n) is 16.3. The molecule has 6 nitrogen and oxygen atoms in total. The highest BCUT2D eigenvalue weighted by molar-refractivity contribution is 7.80. The molecule has 1 N–H and O–H groups in total. The summed E-state index contributed by atoms with van der Waals surface area (Å²) in [5.74, 6) is -0.146. The summed E-state index contributed by atoms with van der Waals surface area (Å²) >= 11 is 0. The maximum absolute atomic E-state index is 12.4. The average molecular weight is 368 g/mol. The summed E-state index contributed by atoms with van der Waals surface area (Å²) in [5.41, 5.74) is -1.29. The second-order valence-corrected chi connectivity index (χ2v) is 9.08. The summed E-state index contributed by atoms with van der Waals surface area (Å²) in [6, 6.07) is -0.860. The SMILES string of the molecule is [B]P(C)N1C(=O)C=C[C@@H]1[C@@H](NC(=O)OC(C)(C)C)[C@](C)(CCC)OC. The molecule has 4 atom stereocenters. The van der Waals surface area contributed by atoms with Crippen molar-refractivity contribution in [3.63, 3.8) is 0 Å². The van der Waals surface area contributed by atoms with Gasteiger partial charge >= 0.3 is 6.09 Å². The fourth-order valence-electron chi connectivity index (χ4n) is 3.02. The van der Waals surface area contributed by atoms with Crippen LogP contribution in [-0.2, 0) is 14.3 Å². The number of carbonyl (C=O) groups is 2. The minimum absolute atomic E-state index is 0.146. The van der Waals surface area contributed by atoms with Gasteiger partial charge in [0.05, 0.1) is 17.7 Å². The molecule has 0 spiro atoms. The van der Waals surface area contributed by atoms with E-state index in [9.17, 15) is 9.59 Å². The fraction of sp³-hybridized carbons (Fsp3) is 0.765. The van der Waals surface area contributed by atoms with Gasteiger partial charge in [0, 0.05) is 13.2 Å². The maximum atomic E-state index is 12.4. The van der Waals surface area contributed by atoms with E-state index in [1.807, 2.05) is 20.5 Å². The molecule has 2 radical (unpaired) electrons. The van der Waals surface area contributed by atoms with Crippen LogP contribution in [0.5, 0.6) is 0 Å². The molecule has 25 heavy (non-hydrogen) atoms. The van der Waals surface area contributed by atoms with Crippen molar-refractivity contribution in [2.75, 3.05) is 13.8 Å². The summed E-state index contributed by atoms with van der Waals surface area (Å²) in [7, 11) is 6.51. The van der Waals surface area contributed by atoms with Gasteiger partial charge in [-0.2, -0.15) is 0 Å². The van der Waals surface area contributed by atoms with Crippen LogP contribution in [0.1, 0.15) is 47.5 Å². The minimum atomic E-state index is -1.15. The predicted octanol–water partition coefficient (Wildman–Crippen LogP) is 2.96. The Hall–Kier alpha value is -1.07. The van der Waals surface area contributed by atoms with Crippen molar-refractivity contribution in [2.24, 2.45) is 0 Å². The second-order valence-electron chi connectivity index (χ2n) is 7.50. The molecule has 0 saturated heterocycles. The van der Waals surface area contributed by atoms with Crippen molar-refractivity contribution in [3.05, 3.63) is 12.2 Å². The van der Waals surface area contributed by atoms with Crippen LogP contribution in [0.15, 0.2) is 12.2 Å². The van der Waals surface area contributed by atoms with Crippen LogP contribution < -0.4 is 5.32 Å². The first-order chi connectivity index (χ1) is 11.4. The predicted molar refractivity (Wildman–Crippen MR) is 102 cm³/mol. The third-order valence-electron chi connectivity index (χ3n) is 4.17. The molecule has 0 aromatic rings. The monoisotopic (exact) mass is 368 g/mol. The molecule has 140 valence electrons. The first kappa shape index (κ1) is 22.0. The molecule has 1 rings (SSSR count). The molecule has 0 aliphatic carbocycles. The van der Waals surface area contributed by atoms with Gasteiger partial charge in [0.25, 0.3) is 0 Å². The third-order valence-corrected chi connectivity index (χ3v) is 5.31. The van der Waals surface area contributed by atoms with Crippen LogP contribution in [0.3, 0.4) is 0 Å². The van der Waals surface area contributed by atoms with Crippen molar-refractivity contribution >= 4 is 27.5 Å². The van der Waals surface area contributed by atoms with Gasteiger partial charge in [-0.1, -0.05) is 27.4 Å². The Morgan fingerprint density at radius 3 is 2.48 bits per heavy atom. The van der Waals surface area contributed by atoms with Gasteiger partial charge in [0.15, 0.2) is 0 Å². The highest BCUT2D eigenvalue weighted by atomic mass is 31.1.